The molecule has 4 aromatic rings. The number of hydrogen-bond donors (Lipinski definition) is 1. The molecule has 1 heterocycles. The molecule has 0 aliphatic rings. The van der Waals surface area contributed by atoms with Gasteiger partial charge in [0.2, 0.25) is 0 Å². The molecule has 0 bridgehead atoms. The van der Waals surface area contributed by atoms with Crippen LogP contribution < -0.4 is 10.9 Å². The number of hydrogen-bond acceptors (Lipinski definition) is 3. The number of aryl methyl sites for hydroxylation is 3. The summed E-state index contributed by atoms with van der Waals surface area (Å²) >= 11 is 0. The number of fused-ring (bicyclic) bond motifs is 1. The minimum Gasteiger partial charge on any atom is -0.315 e. The summed E-state index contributed by atoms with van der Waals surface area (Å²) in [5, 5.41) is 3.64. The van der Waals surface area contributed by atoms with E-state index in [9.17, 15) is 9.59 Å². The van der Waals surface area contributed by atoms with Crippen molar-refractivity contribution in [3.8, 4) is 5.69 Å². The number of rotatable bonds is 7. The third-order valence-corrected chi connectivity index (χ3v) is 6.84. The predicted molar refractivity (Wildman–Crippen MR) is 152 cm³/mol. The lowest BCUT2D eigenvalue weighted by Crippen LogP contribution is -2.41. The first-order valence-electron chi connectivity index (χ1n) is 12.9. The van der Waals surface area contributed by atoms with Crippen LogP contribution in [0.3, 0.4) is 0 Å². The number of amides is 2. The fourth-order valence-electron chi connectivity index (χ4n) is 4.53. The summed E-state index contributed by atoms with van der Waals surface area (Å²) in [7, 11) is 0. The fourth-order valence-corrected chi connectivity index (χ4v) is 4.53. The molecule has 192 valence electrons. The van der Waals surface area contributed by atoms with Gasteiger partial charge in [-0.25, -0.2) is 9.78 Å². The van der Waals surface area contributed by atoms with Crippen LogP contribution >= 0.6 is 0 Å². The molecule has 0 saturated heterocycles. The van der Waals surface area contributed by atoms with Crippen molar-refractivity contribution in [2.24, 2.45) is 5.92 Å². The Balaban J connectivity index is 1.88. The maximum Gasteiger partial charge on any atom is 0.322 e. The number of benzene rings is 3. The van der Waals surface area contributed by atoms with Crippen LogP contribution in [0.25, 0.3) is 16.6 Å². The monoisotopic (exact) mass is 496 g/mol. The molecule has 2 amide bonds. The molecule has 0 spiro atoms. The van der Waals surface area contributed by atoms with E-state index in [1.165, 1.54) is 0 Å². The Hall–Kier alpha value is -3.93. The Labute approximate surface area is 219 Å². The Bertz CT molecular complexity index is 1490. The van der Waals surface area contributed by atoms with Gasteiger partial charge in [0, 0.05) is 12.2 Å². The number of nitrogens with one attached hydrogen (secondary N) is 1. The van der Waals surface area contributed by atoms with Gasteiger partial charge in [-0.05, 0) is 81.0 Å². The first-order chi connectivity index (χ1) is 17.7. The highest BCUT2D eigenvalue weighted by atomic mass is 16.2. The van der Waals surface area contributed by atoms with Crippen LogP contribution in [0.4, 0.5) is 10.5 Å². The van der Waals surface area contributed by atoms with E-state index in [2.05, 4.69) is 19.2 Å². The van der Waals surface area contributed by atoms with Crippen molar-refractivity contribution in [2.75, 3.05) is 11.9 Å². The molecule has 0 aliphatic heterocycles. The molecule has 1 N–H and O–H groups in total. The van der Waals surface area contributed by atoms with Crippen molar-refractivity contribution in [1.29, 1.82) is 0 Å². The van der Waals surface area contributed by atoms with Gasteiger partial charge in [-0.3, -0.25) is 9.36 Å². The number of carbonyl (C=O) groups excluding carboxylic acids is 1. The number of para-hydroxylation sites is 2. The molecule has 4 rings (SSSR count). The SMILES string of the molecule is Cc1ccc(C)c(-n2c(C(C)N(CCC(C)C)C(=O)Nc3ccccc3C)nc3ccccc3c2=O)c1. The van der Waals surface area contributed by atoms with Crippen LogP contribution in [0, 0.1) is 26.7 Å². The Morgan fingerprint density at radius 3 is 2.38 bits per heavy atom. The summed E-state index contributed by atoms with van der Waals surface area (Å²) in [4.78, 5) is 34.4. The molecule has 37 heavy (non-hydrogen) atoms. The van der Waals surface area contributed by atoms with Gasteiger partial charge >= 0.3 is 6.03 Å². The third-order valence-electron chi connectivity index (χ3n) is 6.84. The molecule has 6 heteroatoms. The van der Waals surface area contributed by atoms with Gasteiger partial charge in [-0.1, -0.05) is 56.3 Å². The summed E-state index contributed by atoms with van der Waals surface area (Å²) < 4.78 is 1.69. The van der Waals surface area contributed by atoms with E-state index >= 15 is 0 Å². The Morgan fingerprint density at radius 1 is 0.946 bits per heavy atom. The van der Waals surface area contributed by atoms with Gasteiger partial charge in [0.1, 0.15) is 5.82 Å². The van der Waals surface area contributed by atoms with Gasteiger partial charge in [0.25, 0.3) is 5.56 Å². The second kappa shape index (κ2) is 11.0. The smallest absolute Gasteiger partial charge is 0.315 e. The van der Waals surface area contributed by atoms with Gasteiger partial charge in [0.15, 0.2) is 0 Å². The molecule has 6 nitrogen and oxygen atoms in total. The maximum atomic E-state index is 13.9. The molecule has 0 saturated carbocycles. The van der Waals surface area contributed by atoms with Crippen LogP contribution in [-0.4, -0.2) is 27.0 Å². The molecule has 0 radical (unpaired) electrons. The lowest BCUT2D eigenvalue weighted by Gasteiger charge is -2.31. The molecule has 3 aromatic carbocycles. The van der Waals surface area contributed by atoms with Crippen molar-refractivity contribution in [3.05, 3.63) is 99.6 Å². The van der Waals surface area contributed by atoms with Gasteiger partial charge in [0.05, 0.1) is 22.6 Å². The zero-order valence-electron chi connectivity index (χ0n) is 22.6. The molecular weight excluding hydrogens is 460 g/mol. The van der Waals surface area contributed by atoms with Gasteiger partial charge in [-0.2, -0.15) is 0 Å². The Kier molecular flexibility index (Phi) is 7.77. The summed E-state index contributed by atoms with van der Waals surface area (Å²) in [5.74, 6) is 0.952. The zero-order chi connectivity index (χ0) is 26.7. The van der Waals surface area contributed by atoms with E-state index in [4.69, 9.17) is 4.98 Å². The second-order valence-electron chi connectivity index (χ2n) is 10.2. The maximum absolute atomic E-state index is 13.9. The van der Waals surface area contributed by atoms with Crippen LogP contribution in [-0.2, 0) is 0 Å². The highest BCUT2D eigenvalue weighted by Gasteiger charge is 2.28. The summed E-state index contributed by atoms with van der Waals surface area (Å²) in [6.45, 7) is 12.7. The molecule has 1 atom stereocenters. The van der Waals surface area contributed by atoms with E-state index in [1.54, 1.807) is 9.47 Å². The fraction of sp³-hybridized carbons (Fsp3) is 0.323. The molecule has 0 fully saturated rings. The summed E-state index contributed by atoms with van der Waals surface area (Å²) in [6, 6.07) is 20.5. The van der Waals surface area contributed by atoms with E-state index in [-0.39, 0.29) is 11.6 Å². The van der Waals surface area contributed by atoms with Crippen molar-refractivity contribution < 1.29 is 4.79 Å². The van der Waals surface area contributed by atoms with Crippen LogP contribution in [0.2, 0.25) is 0 Å². The number of carbonyl (C=O) groups is 1. The average Bonchev–Trinajstić information content (AvgIpc) is 2.87. The van der Waals surface area contributed by atoms with Crippen molar-refractivity contribution in [1.82, 2.24) is 14.5 Å². The average molecular weight is 497 g/mol. The first kappa shape index (κ1) is 26.1. The van der Waals surface area contributed by atoms with Crippen LogP contribution in [0.15, 0.2) is 71.5 Å². The lowest BCUT2D eigenvalue weighted by atomic mass is 10.1. The second-order valence-corrected chi connectivity index (χ2v) is 10.2. The van der Waals surface area contributed by atoms with Gasteiger partial charge < -0.3 is 10.2 Å². The highest BCUT2D eigenvalue weighted by molar-refractivity contribution is 5.90. The van der Waals surface area contributed by atoms with Crippen molar-refractivity contribution in [3.63, 3.8) is 0 Å². The number of nitrogens with zero attached hydrogens (tertiary/aromatic N) is 3. The molecular formula is C31H36N4O2. The first-order valence-corrected chi connectivity index (χ1v) is 12.9. The Morgan fingerprint density at radius 2 is 1.65 bits per heavy atom. The van der Waals surface area contributed by atoms with Crippen molar-refractivity contribution >= 4 is 22.6 Å². The van der Waals surface area contributed by atoms with E-state index in [0.29, 0.717) is 29.2 Å². The highest BCUT2D eigenvalue weighted by Crippen LogP contribution is 2.26. The van der Waals surface area contributed by atoms with Crippen LogP contribution in [0.5, 0.6) is 0 Å². The summed E-state index contributed by atoms with van der Waals surface area (Å²) in [5.41, 5.74) is 5.05. The topological polar surface area (TPSA) is 67.2 Å². The normalized spacial score (nSPS) is 12.1. The number of anilines is 1. The van der Waals surface area contributed by atoms with E-state index < -0.39 is 6.04 Å². The van der Waals surface area contributed by atoms with Crippen molar-refractivity contribution in [2.45, 2.75) is 54.0 Å². The lowest BCUT2D eigenvalue weighted by molar-refractivity contribution is 0.185. The quantitative estimate of drug-likeness (QED) is 0.301. The minimum absolute atomic E-state index is 0.135. The zero-order valence-corrected chi connectivity index (χ0v) is 22.6. The number of aromatic nitrogens is 2. The predicted octanol–water partition coefficient (Wildman–Crippen LogP) is 6.95. The van der Waals surface area contributed by atoms with E-state index in [1.807, 2.05) is 94.4 Å². The molecule has 1 unspecified atom stereocenters. The molecule has 0 aliphatic carbocycles. The van der Waals surface area contributed by atoms with E-state index in [0.717, 1.165) is 34.5 Å². The molecule has 1 aromatic heterocycles. The summed E-state index contributed by atoms with van der Waals surface area (Å²) in [6.07, 6.45) is 0.826. The van der Waals surface area contributed by atoms with Gasteiger partial charge in [-0.15, -0.1) is 0 Å². The van der Waals surface area contributed by atoms with Crippen LogP contribution in [0.1, 0.15) is 55.7 Å². The minimum atomic E-state index is -0.458. The standard InChI is InChI=1S/C31H36N4O2/c1-20(2)17-18-34(31(37)33-26-13-9-7-11-22(26)4)24(6)29-32-27-14-10-8-12-25(27)30(36)35(29)28-19-21(3)15-16-23(28)5/h7-16,19-20,24H,17-18H2,1-6H3,(H,33,37). The largest absolute Gasteiger partial charge is 0.322 e. The number of urea groups is 1. The third kappa shape index (κ3) is 5.58.